The number of rotatable bonds is 5. The van der Waals surface area contributed by atoms with Crippen LogP contribution in [0.1, 0.15) is 12.0 Å². The standard InChI is InChI=1S/C21H23N3O3S2/c1-15-7-9-16(10-8-15)24-19-6-4-3-5-18(19)22-21(24)28-13-20(25)23(2)17-11-12-29(26,27)14-17/h3-10,17H,11-14H2,1-2H3. The number of fused-ring (bicyclic) bond motifs is 1. The number of hydrogen-bond donors (Lipinski definition) is 0. The van der Waals surface area contributed by atoms with E-state index in [-0.39, 0.29) is 29.2 Å². The Hall–Kier alpha value is -2.32. The number of benzene rings is 2. The molecule has 8 heteroatoms. The Morgan fingerprint density at radius 3 is 2.62 bits per heavy atom. The van der Waals surface area contributed by atoms with Crippen LogP contribution in [0.15, 0.2) is 53.7 Å². The molecule has 1 aliphatic rings. The molecule has 152 valence electrons. The van der Waals surface area contributed by atoms with Crippen LogP contribution >= 0.6 is 11.8 Å². The van der Waals surface area contributed by atoms with E-state index >= 15 is 0 Å². The molecule has 0 spiro atoms. The van der Waals surface area contributed by atoms with Crippen molar-refractivity contribution in [1.29, 1.82) is 0 Å². The summed E-state index contributed by atoms with van der Waals surface area (Å²) >= 11 is 1.38. The zero-order valence-electron chi connectivity index (χ0n) is 16.4. The van der Waals surface area contributed by atoms with Crippen LogP contribution in [0, 0.1) is 6.92 Å². The second-order valence-electron chi connectivity index (χ2n) is 7.40. The quantitative estimate of drug-likeness (QED) is 0.583. The zero-order valence-corrected chi connectivity index (χ0v) is 18.0. The van der Waals surface area contributed by atoms with Crippen molar-refractivity contribution < 1.29 is 13.2 Å². The highest BCUT2D eigenvalue weighted by molar-refractivity contribution is 7.99. The van der Waals surface area contributed by atoms with Crippen LogP contribution in [0.5, 0.6) is 0 Å². The maximum absolute atomic E-state index is 12.7. The highest BCUT2D eigenvalue weighted by Crippen LogP contribution is 2.28. The average molecular weight is 430 g/mol. The van der Waals surface area contributed by atoms with Gasteiger partial charge in [-0.3, -0.25) is 9.36 Å². The van der Waals surface area contributed by atoms with Gasteiger partial charge in [-0.25, -0.2) is 13.4 Å². The van der Waals surface area contributed by atoms with Gasteiger partial charge in [0, 0.05) is 18.8 Å². The lowest BCUT2D eigenvalue weighted by Crippen LogP contribution is -2.38. The normalized spacial score (nSPS) is 18.2. The van der Waals surface area contributed by atoms with Gasteiger partial charge in [-0.05, 0) is 37.6 Å². The Morgan fingerprint density at radius 1 is 1.21 bits per heavy atom. The number of sulfone groups is 1. The number of aryl methyl sites for hydroxylation is 1. The molecule has 1 aliphatic heterocycles. The summed E-state index contributed by atoms with van der Waals surface area (Å²) in [6, 6.07) is 15.9. The molecule has 0 saturated carbocycles. The van der Waals surface area contributed by atoms with Crippen LogP contribution in [0.4, 0.5) is 0 Å². The first-order chi connectivity index (χ1) is 13.8. The van der Waals surface area contributed by atoms with E-state index < -0.39 is 9.84 Å². The first-order valence-corrected chi connectivity index (χ1v) is 12.3. The summed E-state index contributed by atoms with van der Waals surface area (Å²) in [4.78, 5) is 19.0. The maximum atomic E-state index is 12.7. The van der Waals surface area contributed by atoms with Crippen LogP contribution in [0.25, 0.3) is 16.7 Å². The predicted molar refractivity (Wildman–Crippen MR) is 116 cm³/mol. The Labute approximate surface area is 174 Å². The van der Waals surface area contributed by atoms with Crippen LogP contribution in [0.3, 0.4) is 0 Å². The molecule has 0 aliphatic carbocycles. The van der Waals surface area contributed by atoms with Crippen molar-refractivity contribution in [3.05, 3.63) is 54.1 Å². The number of imidazole rings is 1. The summed E-state index contributed by atoms with van der Waals surface area (Å²) in [6.07, 6.45) is 0.511. The van der Waals surface area contributed by atoms with Gasteiger partial charge in [0.05, 0.1) is 28.3 Å². The number of thioether (sulfide) groups is 1. The van der Waals surface area contributed by atoms with Gasteiger partial charge < -0.3 is 4.90 Å². The van der Waals surface area contributed by atoms with E-state index in [2.05, 4.69) is 16.7 Å². The van der Waals surface area contributed by atoms with Crippen molar-refractivity contribution in [2.45, 2.75) is 24.5 Å². The fourth-order valence-corrected chi connectivity index (χ4v) is 6.28. The molecule has 0 N–H and O–H groups in total. The fourth-order valence-electron chi connectivity index (χ4n) is 3.56. The summed E-state index contributed by atoms with van der Waals surface area (Å²) < 4.78 is 25.5. The van der Waals surface area contributed by atoms with Gasteiger partial charge in [0.2, 0.25) is 5.91 Å². The summed E-state index contributed by atoms with van der Waals surface area (Å²) in [5.41, 5.74) is 4.03. The largest absolute Gasteiger partial charge is 0.341 e. The van der Waals surface area contributed by atoms with E-state index in [1.54, 1.807) is 11.9 Å². The van der Waals surface area contributed by atoms with E-state index in [1.807, 2.05) is 43.3 Å². The second kappa shape index (κ2) is 7.84. The number of amides is 1. The molecule has 29 heavy (non-hydrogen) atoms. The Bertz CT molecular complexity index is 1150. The Kier molecular flexibility index (Phi) is 5.40. The van der Waals surface area contributed by atoms with Gasteiger partial charge in [0.1, 0.15) is 0 Å². The molecule has 3 aromatic rings. The lowest BCUT2D eigenvalue weighted by Gasteiger charge is -2.23. The molecule has 2 aromatic carbocycles. The van der Waals surface area contributed by atoms with E-state index in [4.69, 9.17) is 4.98 Å². The lowest BCUT2D eigenvalue weighted by atomic mass is 10.2. The zero-order chi connectivity index (χ0) is 20.6. The second-order valence-corrected chi connectivity index (χ2v) is 10.6. The van der Waals surface area contributed by atoms with E-state index in [0.29, 0.717) is 6.42 Å². The number of carbonyl (C=O) groups excluding carboxylic acids is 1. The predicted octanol–water partition coefficient (Wildman–Crippen LogP) is 3.07. The smallest absolute Gasteiger partial charge is 0.233 e. The third-order valence-corrected chi connectivity index (χ3v) is 7.97. The van der Waals surface area contributed by atoms with Crippen molar-refractivity contribution in [3.63, 3.8) is 0 Å². The number of para-hydroxylation sites is 2. The Balaban J connectivity index is 1.57. The monoisotopic (exact) mass is 429 g/mol. The molecule has 0 radical (unpaired) electrons. The molecular formula is C21H23N3O3S2. The topological polar surface area (TPSA) is 72.3 Å². The summed E-state index contributed by atoms with van der Waals surface area (Å²) in [5, 5.41) is 0.746. The summed E-state index contributed by atoms with van der Waals surface area (Å²) in [6.45, 7) is 2.04. The Morgan fingerprint density at radius 2 is 1.93 bits per heavy atom. The molecule has 1 amide bonds. The minimum atomic E-state index is -3.02. The molecule has 0 bridgehead atoms. The summed E-state index contributed by atoms with van der Waals surface area (Å²) in [5.74, 6) is 0.343. The van der Waals surface area contributed by atoms with Gasteiger partial charge in [-0.1, -0.05) is 41.6 Å². The highest BCUT2D eigenvalue weighted by Gasteiger charge is 2.32. The van der Waals surface area contributed by atoms with Gasteiger partial charge in [0.25, 0.3) is 0 Å². The van der Waals surface area contributed by atoms with E-state index in [9.17, 15) is 13.2 Å². The first kappa shape index (κ1) is 20.0. The molecule has 1 unspecified atom stereocenters. The van der Waals surface area contributed by atoms with Crippen LogP contribution < -0.4 is 0 Å². The molecule has 1 fully saturated rings. The van der Waals surface area contributed by atoms with Gasteiger partial charge in [-0.2, -0.15) is 0 Å². The minimum absolute atomic E-state index is 0.0573. The summed E-state index contributed by atoms with van der Waals surface area (Å²) in [7, 11) is -1.33. The molecule has 1 saturated heterocycles. The minimum Gasteiger partial charge on any atom is -0.341 e. The molecule has 1 aromatic heterocycles. The number of hydrogen-bond acceptors (Lipinski definition) is 5. The van der Waals surface area contributed by atoms with Gasteiger partial charge >= 0.3 is 0 Å². The van der Waals surface area contributed by atoms with Crippen LogP contribution in [0.2, 0.25) is 0 Å². The van der Waals surface area contributed by atoms with E-state index in [1.165, 1.54) is 17.3 Å². The first-order valence-electron chi connectivity index (χ1n) is 9.47. The number of nitrogens with zero attached hydrogens (tertiary/aromatic N) is 3. The van der Waals surface area contributed by atoms with Crippen molar-refractivity contribution in [3.8, 4) is 5.69 Å². The fraction of sp³-hybridized carbons (Fsp3) is 0.333. The molecule has 1 atom stereocenters. The van der Waals surface area contributed by atoms with Crippen molar-refractivity contribution in [2.75, 3.05) is 24.3 Å². The highest BCUT2D eigenvalue weighted by atomic mass is 32.2. The van der Waals surface area contributed by atoms with E-state index in [0.717, 1.165) is 21.9 Å². The third-order valence-electron chi connectivity index (χ3n) is 5.30. The molecule has 6 nitrogen and oxygen atoms in total. The van der Waals surface area contributed by atoms with Gasteiger partial charge in [0.15, 0.2) is 15.0 Å². The molecular weight excluding hydrogens is 406 g/mol. The average Bonchev–Trinajstić information content (AvgIpc) is 3.25. The molecule has 4 rings (SSSR count). The van der Waals surface area contributed by atoms with Crippen molar-refractivity contribution in [1.82, 2.24) is 14.5 Å². The van der Waals surface area contributed by atoms with Crippen LogP contribution in [-0.2, 0) is 14.6 Å². The SMILES string of the molecule is Cc1ccc(-n2c(SCC(=O)N(C)C3CCS(=O)(=O)C3)nc3ccccc32)cc1. The van der Waals surface area contributed by atoms with Crippen molar-refractivity contribution >= 4 is 38.5 Å². The lowest BCUT2D eigenvalue weighted by molar-refractivity contribution is -0.128. The van der Waals surface area contributed by atoms with Gasteiger partial charge in [-0.15, -0.1) is 0 Å². The maximum Gasteiger partial charge on any atom is 0.233 e. The molecule has 2 heterocycles. The van der Waals surface area contributed by atoms with Crippen LogP contribution in [-0.4, -0.2) is 59.1 Å². The van der Waals surface area contributed by atoms with Crippen molar-refractivity contribution in [2.24, 2.45) is 0 Å². The third kappa shape index (κ3) is 4.18. The number of aromatic nitrogens is 2. The number of carbonyl (C=O) groups is 1.